The van der Waals surface area contributed by atoms with Crippen LogP contribution in [-0.2, 0) is 14.1 Å². The highest BCUT2D eigenvalue weighted by molar-refractivity contribution is 6.07. The van der Waals surface area contributed by atoms with Gasteiger partial charge in [0.1, 0.15) is 17.2 Å². The van der Waals surface area contributed by atoms with Crippen molar-refractivity contribution in [3.8, 4) is 34.4 Å². The highest BCUT2D eigenvalue weighted by Crippen LogP contribution is 2.36. The van der Waals surface area contributed by atoms with Crippen LogP contribution in [0, 0.1) is 54.0 Å². The van der Waals surface area contributed by atoms with Crippen molar-refractivity contribution in [1.29, 1.82) is 10.5 Å². The third-order valence-electron chi connectivity index (χ3n) is 8.19. The molecular formula is C36H27F3N6O2. The Balaban J connectivity index is 0.000000185. The summed E-state index contributed by atoms with van der Waals surface area (Å²) in [7, 11) is 3.43. The number of nitriles is 2. The molecule has 0 bridgehead atoms. The van der Waals surface area contributed by atoms with Gasteiger partial charge in [-0.05, 0) is 84.6 Å². The Labute approximate surface area is 267 Å². The predicted octanol–water partition coefficient (Wildman–Crippen LogP) is 6.67. The normalized spacial score (nSPS) is 10.7. The highest BCUT2D eigenvalue weighted by atomic mass is 19.2. The maximum Gasteiger partial charge on any atom is 0.265 e. The molecule has 0 aliphatic carbocycles. The van der Waals surface area contributed by atoms with Crippen LogP contribution in [-0.4, -0.2) is 20.9 Å². The average molecular weight is 633 g/mol. The van der Waals surface area contributed by atoms with Crippen LogP contribution >= 0.6 is 0 Å². The van der Waals surface area contributed by atoms with E-state index in [1.807, 2.05) is 6.07 Å². The van der Waals surface area contributed by atoms with Gasteiger partial charge >= 0.3 is 0 Å². The van der Waals surface area contributed by atoms with Crippen LogP contribution in [0.2, 0.25) is 0 Å². The lowest BCUT2D eigenvalue weighted by molar-refractivity contribution is 0.0984. The van der Waals surface area contributed by atoms with E-state index in [4.69, 9.17) is 11.5 Å². The molecular weight excluding hydrogens is 605 g/mol. The van der Waals surface area contributed by atoms with Crippen molar-refractivity contribution >= 4 is 33.6 Å². The summed E-state index contributed by atoms with van der Waals surface area (Å²) in [5.41, 5.74) is 17.7. The van der Waals surface area contributed by atoms with E-state index in [9.17, 15) is 33.3 Å². The second-order valence-electron chi connectivity index (χ2n) is 11.0. The van der Waals surface area contributed by atoms with Crippen LogP contribution in [0.3, 0.4) is 0 Å². The fourth-order valence-electron chi connectivity index (χ4n) is 6.11. The van der Waals surface area contributed by atoms with E-state index in [-0.39, 0.29) is 5.82 Å². The number of halogens is 3. The Morgan fingerprint density at radius 2 is 1.06 bits per heavy atom. The number of nitrogens with zero attached hydrogens (tertiary/aromatic N) is 4. The maximum atomic E-state index is 13.6. The molecule has 0 radical (unpaired) electrons. The number of amides is 2. The number of nitrogens with two attached hydrogens (primary N) is 2. The number of benzene rings is 4. The minimum Gasteiger partial charge on any atom is -0.364 e. The number of aromatic nitrogens is 2. The van der Waals surface area contributed by atoms with Crippen molar-refractivity contribution in [2.75, 3.05) is 0 Å². The van der Waals surface area contributed by atoms with E-state index in [2.05, 4.69) is 6.07 Å². The maximum absolute atomic E-state index is 13.6. The van der Waals surface area contributed by atoms with Crippen LogP contribution in [0.15, 0.2) is 66.7 Å². The predicted molar refractivity (Wildman–Crippen MR) is 173 cm³/mol. The van der Waals surface area contributed by atoms with Crippen LogP contribution in [0.25, 0.3) is 44.1 Å². The van der Waals surface area contributed by atoms with Crippen LogP contribution < -0.4 is 11.5 Å². The summed E-state index contributed by atoms with van der Waals surface area (Å²) in [4.78, 5) is 23.5. The van der Waals surface area contributed by atoms with Crippen molar-refractivity contribution in [2.45, 2.75) is 13.8 Å². The van der Waals surface area contributed by atoms with E-state index >= 15 is 0 Å². The molecule has 8 nitrogen and oxygen atoms in total. The number of hydrogen-bond acceptors (Lipinski definition) is 4. The third-order valence-corrected chi connectivity index (χ3v) is 8.19. The lowest BCUT2D eigenvalue weighted by atomic mass is 9.98. The Morgan fingerprint density at radius 1 is 0.638 bits per heavy atom. The van der Waals surface area contributed by atoms with E-state index in [0.29, 0.717) is 50.1 Å². The third kappa shape index (κ3) is 5.55. The minimum absolute atomic E-state index is 0.309. The monoisotopic (exact) mass is 632 g/mol. The van der Waals surface area contributed by atoms with Gasteiger partial charge in [0.2, 0.25) is 0 Å². The number of primary amides is 2. The van der Waals surface area contributed by atoms with Crippen LogP contribution in [0.5, 0.6) is 0 Å². The average Bonchev–Trinajstić information content (AvgIpc) is 3.45. The summed E-state index contributed by atoms with van der Waals surface area (Å²) in [6, 6.07) is 20.4. The standard InChI is InChI=1S/C18H13F2N3O.C18H14FN3O/c1-9-12-5-10(8-21)6-13(11-3-4-14(19)15(20)7-11)17(12)23(2)16(9)18(22)24;1-10-14-7-11(9-20)8-15(12-3-5-13(19)6-4-12)17(14)22(2)16(10)18(21)23/h3-7H,1-2H3,(H2,22,24);3-8H,1-2H3,(H2,21,23). The lowest BCUT2D eigenvalue weighted by Crippen LogP contribution is -2.16. The molecule has 4 N–H and O–H groups in total. The lowest BCUT2D eigenvalue weighted by Gasteiger charge is -2.09. The molecule has 11 heteroatoms. The van der Waals surface area contributed by atoms with Crippen LogP contribution in [0.1, 0.15) is 43.2 Å². The van der Waals surface area contributed by atoms with Gasteiger partial charge in [-0.25, -0.2) is 13.2 Å². The van der Waals surface area contributed by atoms with Gasteiger partial charge in [-0.1, -0.05) is 18.2 Å². The molecule has 0 atom stereocenters. The summed E-state index contributed by atoms with van der Waals surface area (Å²) >= 11 is 0. The smallest absolute Gasteiger partial charge is 0.265 e. The van der Waals surface area contributed by atoms with Gasteiger partial charge < -0.3 is 20.6 Å². The number of fused-ring (bicyclic) bond motifs is 2. The molecule has 234 valence electrons. The molecule has 0 spiro atoms. The molecule has 47 heavy (non-hydrogen) atoms. The molecule has 0 saturated carbocycles. The number of carbonyl (C=O) groups excluding carboxylic acids is 2. The molecule has 0 aliphatic rings. The zero-order chi connectivity index (χ0) is 34.3. The van der Waals surface area contributed by atoms with Crippen LogP contribution in [0.4, 0.5) is 13.2 Å². The SMILES string of the molecule is Cc1c(C(N)=O)n(C)c2c(-c3ccc(F)c(F)c3)cc(C#N)cc12.Cc1c(C(N)=O)n(C)c2c(-c3ccc(F)cc3)cc(C#N)cc12. The van der Waals surface area contributed by atoms with Gasteiger partial charge in [0.15, 0.2) is 11.6 Å². The van der Waals surface area contributed by atoms with Crippen molar-refractivity contribution < 1.29 is 22.8 Å². The largest absolute Gasteiger partial charge is 0.364 e. The van der Waals surface area contributed by atoms with Gasteiger partial charge in [-0.15, -0.1) is 0 Å². The molecule has 6 aromatic rings. The second-order valence-corrected chi connectivity index (χ2v) is 11.0. The number of carbonyl (C=O) groups is 2. The Kier molecular flexibility index (Phi) is 8.34. The topological polar surface area (TPSA) is 144 Å². The van der Waals surface area contributed by atoms with E-state index in [1.54, 1.807) is 73.5 Å². The van der Waals surface area contributed by atoms with Gasteiger partial charge in [0.25, 0.3) is 11.8 Å². The number of rotatable bonds is 4. The first kappa shape index (κ1) is 32.1. The van der Waals surface area contributed by atoms with Crippen molar-refractivity contribution in [3.63, 3.8) is 0 Å². The molecule has 0 aliphatic heterocycles. The molecule has 2 heterocycles. The van der Waals surface area contributed by atoms with Gasteiger partial charge in [0, 0.05) is 36.0 Å². The highest BCUT2D eigenvalue weighted by Gasteiger charge is 2.22. The molecule has 0 fully saturated rings. The molecule has 2 aromatic heterocycles. The first-order valence-corrected chi connectivity index (χ1v) is 14.2. The van der Waals surface area contributed by atoms with Gasteiger partial charge in [-0.3, -0.25) is 9.59 Å². The fraction of sp³-hybridized carbons (Fsp3) is 0.111. The van der Waals surface area contributed by atoms with Crippen molar-refractivity contribution in [3.05, 3.63) is 118 Å². The quantitative estimate of drug-likeness (QED) is 0.224. The molecule has 6 rings (SSSR count). The van der Waals surface area contributed by atoms with Gasteiger partial charge in [0.05, 0.1) is 34.3 Å². The molecule has 0 saturated heterocycles. The van der Waals surface area contributed by atoms with Crippen molar-refractivity contribution in [1.82, 2.24) is 9.13 Å². The molecule has 2 amide bonds. The zero-order valence-corrected chi connectivity index (χ0v) is 25.7. The fourth-order valence-corrected chi connectivity index (χ4v) is 6.11. The molecule has 0 unspecified atom stereocenters. The first-order chi connectivity index (χ1) is 22.3. The Morgan fingerprint density at radius 3 is 1.47 bits per heavy atom. The zero-order valence-electron chi connectivity index (χ0n) is 25.7. The van der Waals surface area contributed by atoms with Gasteiger partial charge in [-0.2, -0.15) is 10.5 Å². The summed E-state index contributed by atoms with van der Waals surface area (Å²) in [6.45, 7) is 3.54. The van der Waals surface area contributed by atoms with E-state index < -0.39 is 23.4 Å². The minimum atomic E-state index is -0.982. The molecule has 4 aromatic carbocycles. The Hall–Kier alpha value is -6.33. The summed E-state index contributed by atoms with van der Waals surface area (Å²) in [6.07, 6.45) is 0. The Bertz CT molecular complexity index is 2360. The number of hydrogen-bond donors (Lipinski definition) is 2. The van der Waals surface area contributed by atoms with E-state index in [0.717, 1.165) is 39.7 Å². The summed E-state index contributed by atoms with van der Waals surface area (Å²) in [5.74, 6) is -3.38. The second kappa shape index (κ2) is 12.2. The summed E-state index contributed by atoms with van der Waals surface area (Å²) < 4.78 is 43.4. The summed E-state index contributed by atoms with van der Waals surface area (Å²) in [5, 5.41) is 20.0. The van der Waals surface area contributed by atoms with E-state index in [1.165, 1.54) is 18.2 Å². The first-order valence-electron chi connectivity index (χ1n) is 14.2. The van der Waals surface area contributed by atoms with Crippen molar-refractivity contribution in [2.24, 2.45) is 25.6 Å². The number of aryl methyl sites for hydroxylation is 4.